The van der Waals surface area contributed by atoms with Crippen molar-refractivity contribution in [2.45, 2.75) is 27.3 Å². The molecule has 0 aliphatic heterocycles. The summed E-state index contributed by atoms with van der Waals surface area (Å²) in [5.41, 5.74) is 11.9. The molecule has 2 nitrogen and oxygen atoms in total. The molecule has 0 aliphatic carbocycles. The van der Waals surface area contributed by atoms with Gasteiger partial charge in [-0.05, 0) is 50.1 Å². The first kappa shape index (κ1) is 13.5. The topological polar surface area (TPSA) is 29.3 Å². The van der Waals surface area contributed by atoms with Crippen molar-refractivity contribution in [2.75, 3.05) is 17.2 Å². The highest BCUT2D eigenvalue weighted by Crippen LogP contribution is 2.21. The number of nitrogen functional groups attached to an aromatic ring is 1. The Bertz CT molecular complexity index is 561. The van der Waals surface area contributed by atoms with Gasteiger partial charge in [-0.25, -0.2) is 0 Å². The molecule has 0 amide bonds. The molecule has 0 aromatic heterocycles. The number of nitrogens with two attached hydrogens (primary N) is 1. The highest BCUT2D eigenvalue weighted by atomic mass is 15.1. The molecule has 0 bridgehead atoms. The number of rotatable bonds is 4. The first-order valence-electron chi connectivity index (χ1n) is 6.76. The Morgan fingerprint density at radius 2 is 1.84 bits per heavy atom. The number of aryl methyl sites for hydroxylation is 2. The molecule has 2 rings (SSSR count). The van der Waals surface area contributed by atoms with Gasteiger partial charge < -0.3 is 10.6 Å². The molecule has 0 radical (unpaired) electrons. The molecule has 0 heterocycles. The predicted molar refractivity (Wildman–Crippen MR) is 83.5 cm³/mol. The third-order valence-corrected chi connectivity index (χ3v) is 3.48. The van der Waals surface area contributed by atoms with Crippen LogP contribution in [0.25, 0.3) is 0 Å². The van der Waals surface area contributed by atoms with E-state index in [1.54, 1.807) is 0 Å². The van der Waals surface area contributed by atoms with Gasteiger partial charge in [0.05, 0.1) is 0 Å². The third-order valence-electron chi connectivity index (χ3n) is 3.48. The molecule has 0 spiro atoms. The van der Waals surface area contributed by atoms with Crippen molar-refractivity contribution >= 4 is 11.4 Å². The van der Waals surface area contributed by atoms with E-state index in [0.717, 1.165) is 18.8 Å². The third kappa shape index (κ3) is 3.28. The van der Waals surface area contributed by atoms with Crippen LogP contribution in [0.1, 0.15) is 23.6 Å². The Morgan fingerprint density at radius 3 is 2.53 bits per heavy atom. The van der Waals surface area contributed by atoms with Gasteiger partial charge in [0.2, 0.25) is 0 Å². The van der Waals surface area contributed by atoms with E-state index >= 15 is 0 Å². The van der Waals surface area contributed by atoms with Crippen molar-refractivity contribution in [3.63, 3.8) is 0 Å². The Hall–Kier alpha value is -1.96. The molecule has 0 saturated carbocycles. The number of benzene rings is 2. The molecule has 2 heteroatoms. The lowest BCUT2D eigenvalue weighted by atomic mass is 10.0. The zero-order valence-corrected chi connectivity index (χ0v) is 12.0. The summed E-state index contributed by atoms with van der Waals surface area (Å²) in [4.78, 5) is 2.35. The summed E-state index contributed by atoms with van der Waals surface area (Å²) in [6.07, 6.45) is 0. The van der Waals surface area contributed by atoms with Crippen LogP contribution in [0, 0.1) is 13.8 Å². The second-order valence-corrected chi connectivity index (χ2v) is 5.04. The van der Waals surface area contributed by atoms with Crippen molar-refractivity contribution in [3.05, 3.63) is 59.2 Å². The zero-order valence-electron chi connectivity index (χ0n) is 12.0. The van der Waals surface area contributed by atoms with Crippen LogP contribution in [-0.4, -0.2) is 6.54 Å². The van der Waals surface area contributed by atoms with E-state index < -0.39 is 0 Å². The number of nitrogens with zero attached hydrogens (tertiary/aromatic N) is 1. The lowest BCUT2D eigenvalue weighted by molar-refractivity contribution is 0.826. The molecule has 2 N–H and O–H groups in total. The fourth-order valence-electron chi connectivity index (χ4n) is 2.28. The second kappa shape index (κ2) is 5.79. The maximum atomic E-state index is 5.87. The van der Waals surface area contributed by atoms with E-state index in [0.29, 0.717) is 0 Å². The second-order valence-electron chi connectivity index (χ2n) is 5.04. The lowest BCUT2D eigenvalue weighted by Crippen LogP contribution is -2.22. The molecule has 0 unspecified atom stereocenters. The molecular formula is C17H22N2. The minimum atomic E-state index is 0.817. The molecule has 2 aromatic rings. The van der Waals surface area contributed by atoms with Crippen molar-refractivity contribution in [2.24, 2.45) is 0 Å². The van der Waals surface area contributed by atoms with Gasteiger partial charge in [-0.2, -0.15) is 0 Å². The molecule has 0 saturated heterocycles. The van der Waals surface area contributed by atoms with Gasteiger partial charge in [0.15, 0.2) is 0 Å². The minimum Gasteiger partial charge on any atom is -0.399 e. The maximum Gasteiger partial charge on any atom is 0.0432 e. The van der Waals surface area contributed by atoms with Gasteiger partial charge >= 0.3 is 0 Å². The van der Waals surface area contributed by atoms with Crippen LogP contribution < -0.4 is 10.6 Å². The van der Waals surface area contributed by atoms with E-state index in [-0.39, 0.29) is 0 Å². The summed E-state index contributed by atoms with van der Waals surface area (Å²) in [5, 5.41) is 0. The predicted octanol–water partition coefficient (Wildman–Crippen LogP) is 3.91. The van der Waals surface area contributed by atoms with Crippen molar-refractivity contribution in [1.82, 2.24) is 0 Å². The first-order chi connectivity index (χ1) is 9.10. The van der Waals surface area contributed by atoms with E-state index in [2.05, 4.69) is 49.9 Å². The van der Waals surface area contributed by atoms with Crippen LogP contribution in [0.4, 0.5) is 11.4 Å². The van der Waals surface area contributed by atoms with Crippen LogP contribution in [-0.2, 0) is 6.54 Å². The smallest absolute Gasteiger partial charge is 0.0432 e. The van der Waals surface area contributed by atoms with E-state index in [9.17, 15) is 0 Å². The summed E-state index contributed by atoms with van der Waals surface area (Å²) >= 11 is 0. The minimum absolute atomic E-state index is 0.817. The SMILES string of the molecule is CCN(Cc1cc(C)ccc1C)c1cccc(N)c1. The molecule has 0 aliphatic rings. The zero-order chi connectivity index (χ0) is 13.8. The highest BCUT2D eigenvalue weighted by Gasteiger charge is 2.07. The summed E-state index contributed by atoms with van der Waals surface area (Å²) < 4.78 is 0. The summed E-state index contributed by atoms with van der Waals surface area (Å²) in [6, 6.07) is 14.7. The molecular weight excluding hydrogens is 232 g/mol. The monoisotopic (exact) mass is 254 g/mol. The first-order valence-corrected chi connectivity index (χ1v) is 6.76. The largest absolute Gasteiger partial charge is 0.399 e. The molecule has 2 aromatic carbocycles. The van der Waals surface area contributed by atoms with Crippen molar-refractivity contribution in [1.29, 1.82) is 0 Å². The van der Waals surface area contributed by atoms with Gasteiger partial charge in [0.1, 0.15) is 0 Å². The van der Waals surface area contributed by atoms with Gasteiger partial charge in [-0.3, -0.25) is 0 Å². The quantitative estimate of drug-likeness (QED) is 0.838. The highest BCUT2D eigenvalue weighted by molar-refractivity contribution is 5.56. The van der Waals surface area contributed by atoms with Gasteiger partial charge in [-0.1, -0.05) is 29.8 Å². The molecule has 100 valence electrons. The Morgan fingerprint density at radius 1 is 1.05 bits per heavy atom. The van der Waals surface area contributed by atoms with Crippen LogP contribution in [0.5, 0.6) is 0 Å². The van der Waals surface area contributed by atoms with Crippen LogP contribution >= 0.6 is 0 Å². The normalized spacial score (nSPS) is 10.5. The summed E-state index contributed by atoms with van der Waals surface area (Å²) in [6.45, 7) is 8.38. The number of hydrogen-bond donors (Lipinski definition) is 1. The Labute approximate surface area is 115 Å². The fourth-order valence-corrected chi connectivity index (χ4v) is 2.28. The van der Waals surface area contributed by atoms with Gasteiger partial charge in [0.25, 0.3) is 0 Å². The summed E-state index contributed by atoms with van der Waals surface area (Å²) in [5.74, 6) is 0. The van der Waals surface area contributed by atoms with Crippen LogP contribution in [0.15, 0.2) is 42.5 Å². The molecule has 0 atom stereocenters. The molecule has 0 fully saturated rings. The lowest BCUT2D eigenvalue weighted by Gasteiger charge is -2.24. The number of hydrogen-bond acceptors (Lipinski definition) is 2. The van der Waals surface area contributed by atoms with Crippen molar-refractivity contribution in [3.8, 4) is 0 Å². The van der Waals surface area contributed by atoms with Crippen molar-refractivity contribution < 1.29 is 0 Å². The molecule has 19 heavy (non-hydrogen) atoms. The Balaban J connectivity index is 2.26. The average Bonchev–Trinajstić information content (AvgIpc) is 2.39. The number of anilines is 2. The van der Waals surface area contributed by atoms with Gasteiger partial charge in [0, 0.05) is 24.5 Å². The van der Waals surface area contributed by atoms with E-state index in [4.69, 9.17) is 5.73 Å². The van der Waals surface area contributed by atoms with E-state index in [1.165, 1.54) is 22.4 Å². The summed E-state index contributed by atoms with van der Waals surface area (Å²) in [7, 11) is 0. The standard InChI is InChI=1S/C17H22N2/c1-4-19(17-7-5-6-16(18)11-17)12-15-10-13(2)8-9-14(15)3/h5-11H,4,12,18H2,1-3H3. The fraction of sp³-hybridized carbons (Fsp3) is 0.294. The Kier molecular flexibility index (Phi) is 4.10. The van der Waals surface area contributed by atoms with Crippen LogP contribution in [0.3, 0.4) is 0 Å². The van der Waals surface area contributed by atoms with E-state index in [1.807, 2.05) is 18.2 Å². The van der Waals surface area contributed by atoms with Crippen LogP contribution in [0.2, 0.25) is 0 Å². The maximum absolute atomic E-state index is 5.87. The average molecular weight is 254 g/mol. The van der Waals surface area contributed by atoms with Gasteiger partial charge in [-0.15, -0.1) is 0 Å².